The third-order valence-electron chi connectivity index (χ3n) is 10.3. The average Bonchev–Trinajstić information content (AvgIpc) is 3.74. The quantitative estimate of drug-likeness (QED) is 0.0657. The number of aromatic nitrogens is 3. The molecule has 2 heterocycles. The fourth-order valence-electron chi connectivity index (χ4n) is 6.52. The topological polar surface area (TPSA) is 173 Å². The van der Waals surface area contributed by atoms with Gasteiger partial charge >= 0.3 is 0 Å². The van der Waals surface area contributed by atoms with Gasteiger partial charge in [0.2, 0.25) is 0 Å². The third-order valence-corrected chi connectivity index (χ3v) is 10.3. The normalized spacial score (nSPS) is 13.9. The van der Waals surface area contributed by atoms with Crippen molar-refractivity contribution < 1.29 is 66.0 Å². The van der Waals surface area contributed by atoms with Crippen LogP contribution in [0.25, 0.3) is 0 Å². The van der Waals surface area contributed by atoms with Crippen LogP contribution in [0.4, 0.5) is 13.2 Å². The third kappa shape index (κ3) is 24.9. The summed E-state index contributed by atoms with van der Waals surface area (Å²) in [5.74, 6) is -3.93. The SMILES string of the molecule is C=C(CCOCCOCCOCCOCCn1cc(COCCOCCOCCOCCN2CCN(CCCC(CO)(CO)CCCNC)CC2)nn1)Oc1c(F)cc(F)cc1F. The van der Waals surface area contributed by atoms with Crippen molar-refractivity contribution in [2.24, 2.45) is 5.41 Å². The predicted octanol–water partition coefficient (Wildman–Crippen LogP) is 2.68. The fourth-order valence-corrected chi connectivity index (χ4v) is 6.52. The van der Waals surface area contributed by atoms with Gasteiger partial charge in [-0.3, -0.25) is 4.90 Å². The number of benzene rings is 1. The maximum Gasteiger partial charge on any atom is 0.198 e. The van der Waals surface area contributed by atoms with Gasteiger partial charge in [-0.2, -0.15) is 0 Å². The lowest BCUT2D eigenvalue weighted by molar-refractivity contribution is -0.00752. The van der Waals surface area contributed by atoms with Crippen LogP contribution in [0.15, 0.2) is 30.7 Å². The molecule has 0 atom stereocenters. The van der Waals surface area contributed by atoms with E-state index in [0.29, 0.717) is 118 Å². The Balaban J connectivity index is 1.01. The van der Waals surface area contributed by atoms with Crippen LogP contribution in [0.2, 0.25) is 0 Å². The number of piperazine rings is 1. The second kappa shape index (κ2) is 34.5. The molecule has 2 aromatic rings. The molecule has 0 aliphatic carbocycles. The standard InChI is InChI=1S/C43H73F3N6O11/c1-37(63-42-40(45)31-38(44)32-41(42)46)5-16-55-19-22-58-25-26-60-24-21-57-18-15-52-33-39(48-49-52)34-62-30-29-61-28-27-59-23-20-56-17-14-51-12-10-50(11-13-51)9-4-7-43(35-53,36-54)6-3-8-47-2/h31-33,47,53-54H,1,3-30,34-36H2,2H3. The van der Waals surface area contributed by atoms with Crippen molar-refractivity contribution >= 4 is 0 Å². The maximum atomic E-state index is 13.7. The summed E-state index contributed by atoms with van der Waals surface area (Å²) < 4.78 is 91.6. The number of nitrogens with zero attached hydrogens (tertiary/aromatic N) is 5. The zero-order valence-corrected chi connectivity index (χ0v) is 37.3. The molecule has 1 aromatic heterocycles. The van der Waals surface area contributed by atoms with E-state index in [2.05, 4.69) is 32.0 Å². The largest absolute Gasteiger partial charge is 0.456 e. The van der Waals surface area contributed by atoms with Gasteiger partial charge in [-0.05, 0) is 45.8 Å². The fraction of sp³-hybridized carbons (Fsp3) is 0.767. The molecule has 1 aliphatic rings. The summed E-state index contributed by atoms with van der Waals surface area (Å²) in [7, 11) is 1.92. The van der Waals surface area contributed by atoms with E-state index >= 15 is 0 Å². The lowest BCUT2D eigenvalue weighted by atomic mass is 9.80. The van der Waals surface area contributed by atoms with Crippen LogP contribution in [0, 0.1) is 22.9 Å². The Labute approximate surface area is 371 Å². The molecular weight excluding hydrogens is 833 g/mol. The number of hydrogen-bond donors (Lipinski definition) is 3. The zero-order valence-electron chi connectivity index (χ0n) is 37.3. The minimum Gasteiger partial charge on any atom is -0.456 e. The Hall–Kier alpha value is -2.83. The summed E-state index contributed by atoms with van der Waals surface area (Å²) in [6, 6.07) is 1.07. The number of aliphatic hydroxyl groups excluding tert-OH is 2. The Morgan fingerprint density at radius 3 is 1.68 bits per heavy atom. The molecule has 20 heteroatoms. The molecule has 1 fully saturated rings. The van der Waals surface area contributed by atoms with Crippen LogP contribution in [-0.2, 0) is 51.0 Å². The van der Waals surface area contributed by atoms with Gasteiger partial charge < -0.3 is 63.1 Å². The molecule has 1 aromatic carbocycles. The van der Waals surface area contributed by atoms with E-state index in [1.54, 1.807) is 4.68 Å². The Morgan fingerprint density at radius 2 is 1.14 bits per heavy atom. The highest BCUT2D eigenvalue weighted by molar-refractivity contribution is 5.28. The average molecular weight is 907 g/mol. The first-order chi connectivity index (χ1) is 30.8. The van der Waals surface area contributed by atoms with Crippen LogP contribution < -0.4 is 10.1 Å². The number of halogens is 3. The molecule has 1 aliphatic heterocycles. The number of nitrogens with one attached hydrogen (secondary N) is 1. The van der Waals surface area contributed by atoms with Crippen LogP contribution in [-0.4, -0.2) is 200 Å². The van der Waals surface area contributed by atoms with Gasteiger partial charge in [0.15, 0.2) is 17.4 Å². The smallest absolute Gasteiger partial charge is 0.198 e. The van der Waals surface area contributed by atoms with E-state index in [-0.39, 0.29) is 37.4 Å². The Bertz CT molecular complexity index is 1430. The minimum absolute atomic E-state index is 0.0371. The van der Waals surface area contributed by atoms with Crippen molar-refractivity contribution in [3.05, 3.63) is 53.8 Å². The van der Waals surface area contributed by atoms with Crippen molar-refractivity contribution in [2.75, 3.05) is 165 Å². The summed E-state index contributed by atoms with van der Waals surface area (Å²) >= 11 is 0. The van der Waals surface area contributed by atoms with Gasteiger partial charge in [0.25, 0.3) is 0 Å². The molecule has 0 radical (unpaired) electrons. The van der Waals surface area contributed by atoms with Gasteiger partial charge in [-0.15, -0.1) is 5.10 Å². The van der Waals surface area contributed by atoms with Crippen LogP contribution in [0.3, 0.4) is 0 Å². The minimum atomic E-state index is -1.14. The molecule has 3 N–H and O–H groups in total. The maximum absolute atomic E-state index is 13.7. The molecule has 0 spiro atoms. The second-order valence-corrected chi connectivity index (χ2v) is 15.2. The van der Waals surface area contributed by atoms with Crippen molar-refractivity contribution in [2.45, 2.75) is 45.3 Å². The number of rotatable bonds is 41. The van der Waals surface area contributed by atoms with Crippen molar-refractivity contribution in [3.63, 3.8) is 0 Å². The van der Waals surface area contributed by atoms with Gasteiger partial charge in [0, 0.05) is 56.7 Å². The second-order valence-electron chi connectivity index (χ2n) is 15.2. The van der Waals surface area contributed by atoms with Gasteiger partial charge in [-0.25, -0.2) is 17.9 Å². The molecule has 3 rings (SSSR count). The predicted molar refractivity (Wildman–Crippen MR) is 228 cm³/mol. The zero-order chi connectivity index (χ0) is 45.2. The first-order valence-electron chi connectivity index (χ1n) is 22.1. The van der Waals surface area contributed by atoms with Crippen molar-refractivity contribution in [1.29, 1.82) is 0 Å². The molecule has 0 saturated carbocycles. The van der Waals surface area contributed by atoms with Crippen LogP contribution in [0.1, 0.15) is 37.8 Å². The number of aliphatic hydroxyl groups is 2. The molecule has 63 heavy (non-hydrogen) atoms. The summed E-state index contributed by atoms with van der Waals surface area (Å²) in [5.41, 5.74) is 0.346. The lowest BCUT2D eigenvalue weighted by Gasteiger charge is -2.36. The van der Waals surface area contributed by atoms with Crippen LogP contribution in [0.5, 0.6) is 5.75 Å². The van der Waals surface area contributed by atoms with Crippen LogP contribution >= 0.6 is 0 Å². The molecule has 0 amide bonds. The van der Waals surface area contributed by atoms with E-state index in [1.807, 2.05) is 13.2 Å². The first kappa shape index (κ1) is 54.5. The monoisotopic (exact) mass is 907 g/mol. The summed E-state index contributed by atoms with van der Waals surface area (Å²) in [6.45, 7) is 17.9. The number of hydrogen-bond acceptors (Lipinski definition) is 16. The molecule has 362 valence electrons. The number of ether oxygens (including phenoxy) is 9. The first-order valence-corrected chi connectivity index (χ1v) is 22.1. The highest BCUT2D eigenvalue weighted by atomic mass is 19.1. The molecule has 0 bridgehead atoms. The van der Waals surface area contributed by atoms with E-state index < -0.39 is 23.2 Å². The highest BCUT2D eigenvalue weighted by Gasteiger charge is 2.28. The molecule has 1 saturated heterocycles. The Kier molecular flexibility index (Phi) is 29.9. The van der Waals surface area contributed by atoms with Crippen molar-refractivity contribution in [3.8, 4) is 5.75 Å². The summed E-state index contributed by atoms with van der Waals surface area (Å²) in [4.78, 5) is 4.91. The summed E-state index contributed by atoms with van der Waals surface area (Å²) in [5, 5.41) is 31.2. The Morgan fingerprint density at radius 1 is 0.667 bits per heavy atom. The van der Waals surface area contributed by atoms with Gasteiger partial charge in [-0.1, -0.05) is 11.8 Å². The van der Waals surface area contributed by atoms with Crippen molar-refractivity contribution in [1.82, 2.24) is 30.1 Å². The van der Waals surface area contributed by atoms with E-state index in [1.165, 1.54) is 0 Å². The van der Waals surface area contributed by atoms with E-state index in [9.17, 15) is 23.4 Å². The molecule has 0 unspecified atom stereocenters. The van der Waals surface area contributed by atoms with E-state index in [4.69, 9.17) is 42.6 Å². The highest BCUT2D eigenvalue weighted by Crippen LogP contribution is 2.29. The molecular formula is C43H73F3N6O11. The van der Waals surface area contributed by atoms with Gasteiger partial charge in [0.1, 0.15) is 11.5 Å². The summed E-state index contributed by atoms with van der Waals surface area (Å²) in [6.07, 6.45) is 5.63. The van der Waals surface area contributed by atoms with E-state index in [0.717, 1.165) is 77.2 Å². The lowest BCUT2D eigenvalue weighted by Crippen LogP contribution is -2.47. The molecule has 17 nitrogen and oxygen atoms in total. The van der Waals surface area contributed by atoms with Gasteiger partial charge in [0.05, 0.1) is 137 Å².